The molecule has 9 heteroatoms. The van der Waals surface area contributed by atoms with E-state index in [1.54, 1.807) is 10.9 Å². The molecule has 0 atom stereocenters. The molecule has 0 aliphatic heterocycles. The maximum Gasteiger partial charge on any atom is 0.226 e. The molecule has 3 aromatic heterocycles. The first-order valence-electron chi connectivity index (χ1n) is 5.94. The number of rotatable bonds is 2. The molecule has 8 nitrogen and oxygen atoms in total. The van der Waals surface area contributed by atoms with Gasteiger partial charge in [0.2, 0.25) is 5.28 Å². The summed E-state index contributed by atoms with van der Waals surface area (Å²) >= 11 is 5.94. The highest BCUT2D eigenvalue weighted by molar-refractivity contribution is 6.28. The Bertz CT molecular complexity index is 990. The van der Waals surface area contributed by atoms with Crippen LogP contribution in [0.4, 0.5) is 0 Å². The molecule has 0 N–H and O–H groups in total. The van der Waals surface area contributed by atoms with E-state index in [-0.39, 0.29) is 10.9 Å². The van der Waals surface area contributed by atoms with Gasteiger partial charge in [-0.05, 0) is 23.7 Å². The molecule has 3 heterocycles. The van der Waals surface area contributed by atoms with E-state index in [1.807, 2.05) is 24.3 Å². The normalized spacial score (nSPS) is 11.3. The molecule has 0 saturated heterocycles. The van der Waals surface area contributed by atoms with Gasteiger partial charge in [-0.15, -0.1) is 4.91 Å². The van der Waals surface area contributed by atoms with Gasteiger partial charge in [0.05, 0.1) is 16.3 Å². The zero-order chi connectivity index (χ0) is 14.4. The van der Waals surface area contributed by atoms with Crippen LogP contribution in [0.25, 0.3) is 28.0 Å². The maximum atomic E-state index is 10.8. The number of halogens is 1. The number of nitrogens with zero attached hydrogens (tertiary/aromatic N) is 7. The summed E-state index contributed by atoms with van der Waals surface area (Å²) in [6, 6.07) is 7.58. The highest BCUT2D eigenvalue weighted by atomic mass is 35.5. The number of hydrogen-bond donors (Lipinski definition) is 0. The molecule has 1 aromatic carbocycles. The number of benzene rings is 1. The molecule has 0 aliphatic carbocycles. The van der Waals surface area contributed by atoms with Crippen LogP contribution in [0.5, 0.6) is 0 Å². The second kappa shape index (κ2) is 4.32. The lowest BCUT2D eigenvalue weighted by Gasteiger charge is -2.04. The Kier molecular flexibility index (Phi) is 2.45. The van der Waals surface area contributed by atoms with Crippen molar-refractivity contribution in [2.24, 2.45) is 5.29 Å². The van der Waals surface area contributed by atoms with Crippen LogP contribution in [-0.2, 0) is 0 Å². The van der Waals surface area contributed by atoms with Crippen LogP contribution in [0, 0.1) is 4.91 Å². The summed E-state index contributed by atoms with van der Waals surface area (Å²) in [5.41, 5.74) is 2.33. The van der Waals surface area contributed by atoms with Gasteiger partial charge in [-0.3, -0.25) is 4.57 Å². The van der Waals surface area contributed by atoms with Gasteiger partial charge in [0.1, 0.15) is 12.7 Å². The van der Waals surface area contributed by atoms with E-state index < -0.39 is 0 Å². The molecule has 0 bridgehead atoms. The van der Waals surface area contributed by atoms with Crippen LogP contribution in [0.2, 0.25) is 5.28 Å². The average molecular weight is 300 g/mol. The van der Waals surface area contributed by atoms with Crippen LogP contribution < -0.4 is 0 Å². The monoisotopic (exact) mass is 299 g/mol. The molecule has 0 saturated carbocycles. The van der Waals surface area contributed by atoms with Crippen molar-refractivity contribution < 1.29 is 0 Å². The molecule has 0 radical (unpaired) electrons. The molecule has 0 fully saturated rings. The van der Waals surface area contributed by atoms with E-state index in [1.165, 1.54) is 6.33 Å². The standard InChI is InChI=1S/C12H6ClN7O/c13-12-16-10(9-11(17-12)20(18-21)6-15-9)19-5-14-7-3-1-2-4-8(7)19/h1-6H. The number of nitroso groups, excluding NO2 is 1. The van der Waals surface area contributed by atoms with E-state index in [0.29, 0.717) is 11.3 Å². The summed E-state index contributed by atoms with van der Waals surface area (Å²) in [6.45, 7) is 0. The average Bonchev–Trinajstić information content (AvgIpc) is 3.09. The summed E-state index contributed by atoms with van der Waals surface area (Å²) in [6.07, 6.45) is 2.89. The van der Waals surface area contributed by atoms with Gasteiger partial charge in [0, 0.05) is 0 Å². The Morgan fingerprint density at radius 2 is 1.95 bits per heavy atom. The Hall–Kier alpha value is -2.87. The summed E-state index contributed by atoms with van der Waals surface area (Å²) < 4.78 is 2.75. The first kappa shape index (κ1) is 11.9. The highest BCUT2D eigenvalue weighted by Gasteiger charge is 2.16. The third-order valence-corrected chi connectivity index (χ3v) is 3.27. The van der Waals surface area contributed by atoms with Crippen molar-refractivity contribution in [3.05, 3.63) is 47.1 Å². The zero-order valence-corrected chi connectivity index (χ0v) is 11.1. The van der Waals surface area contributed by atoms with E-state index in [9.17, 15) is 4.91 Å². The van der Waals surface area contributed by atoms with Crippen LogP contribution in [0.3, 0.4) is 0 Å². The Morgan fingerprint density at radius 1 is 1.10 bits per heavy atom. The summed E-state index contributed by atoms with van der Waals surface area (Å²) in [5.74, 6) is 0.445. The lowest BCUT2D eigenvalue weighted by molar-refractivity contribution is 0.879. The van der Waals surface area contributed by atoms with E-state index in [0.717, 1.165) is 15.7 Å². The number of para-hydroxylation sites is 2. The minimum absolute atomic E-state index is 0.000631. The van der Waals surface area contributed by atoms with E-state index in [4.69, 9.17) is 11.6 Å². The van der Waals surface area contributed by atoms with Gasteiger partial charge in [-0.1, -0.05) is 12.1 Å². The predicted octanol–water partition coefficient (Wildman–Crippen LogP) is 2.35. The lowest BCUT2D eigenvalue weighted by atomic mass is 10.3. The fourth-order valence-corrected chi connectivity index (χ4v) is 2.36. The van der Waals surface area contributed by atoms with Gasteiger partial charge in [0.15, 0.2) is 17.0 Å². The minimum atomic E-state index is 0.000631. The number of hydrogen-bond acceptors (Lipinski definition) is 6. The highest BCUT2D eigenvalue weighted by Crippen LogP contribution is 2.23. The van der Waals surface area contributed by atoms with Gasteiger partial charge < -0.3 is 0 Å². The van der Waals surface area contributed by atoms with Gasteiger partial charge in [-0.2, -0.15) is 14.6 Å². The molecule has 4 rings (SSSR count). The Balaban J connectivity index is 2.10. The Morgan fingerprint density at radius 3 is 2.81 bits per heavy atom. The zero-order valence-electron chi connectivity index (χ0n) is 10.4. The largest absolute Gasteiger partial charge is 0.281 e. The molecular weight excluding hydrogens is 294 g/mol. The van der Waals surface area contributed by atoms with Crippen molar-refractivity contribution >= 4 is 33.8 Å². The van der Waals surface area contributed by atoms with Crippen molar-refractivity contribution in [1.82, 2.24) is 29.2 Å². The maximum absolute atomic E-state index is 10.8. The van der Waals surface area contributed by atoms with Crippen molar-refractivity contribution in [2.75, 3.05) is 0 Å². The molecular formula is C12H6ClN7O. The summed E-state index contributed by atoms with van der Waals surface area (Å²) in [4.78, 5) is 27.4. The fraction of sp³-hybridized carbons (Fsp3) is 0. The molecule has 0 spiro atoms. The Labute approximate surface area is 122 Å². The number of fused-ring (bicyclic) bond motifs is 2. The van der Waals surface area contributed by atoms with Crippen molar-refractivity contribution in [3.63, 3.8) is 0 Å². The fourth-order valence-electron chi connectivity index (χ4n) is 2.20. The lowest BCUT2D eigenvalue weighted by Crippen LogP contribution is -2.00. The van der Waals surface area contributed by atoms with Crippen molar-refractivity contribution in [1.29, 1.82) is 0 Å². The van der Waals surface area contributed by atoms with E-state index in [2.05, 4.69) is 25.2 Å². The number of imidazole rings is 2. The van der Waals surface area contributed by atoms with Crippen LogP contribution >= 0.6 is 11.6 Å². The van der Waals surface area contributed by atoms with Crippen LogP contribution in [-0.4, -0.2) is 29.2 Å². The third kappa shape index (κ3) is 1.69. The van der Waals surface area contributed by atoms with E-state index >= 15 is 0 Å². The molecule has 0 amide bonds. The second-order valence-electron chi connectivity index (χ2n) is 4.26. The molecule has 0 unspecified atom stereocenters. The first-order chi connectivity index (χ1) is 10.3. The molecule has 0 aliphatic rings. The second-order valence-corrected chi connectivity index (χ2v) is 4.60. The van der Waals surface area contributed by atoms with Gasteiger partial charge in [0.25, 0.3) is 0 Å². The topological polar surface area (TPSA) is 90.8 Å². The predicted molar refractivity (Wildman–Crippen MR) is 76.2 cm³/mol. The molecule has 102 valence electrons. The molecule has 21 heavy (non-hydrogen) atoms. The van der Waals surface area contributed by atoms with Gasteiger partial charge in [-0.25, -0.2) is 9.97 Å². The van der Waals surface area contributed by atoms with Crippen molar-refractivity contribution in [2.45, 2.75) is 0 Å². The minimum Gasteiger partial charge on any atom is -0.281 e. The van der Waals surface area contributed by atoms with Crippen molar-refractivity contribution in [3.8, 4) is 5.82 Å². The summed E-state index contributed by atoms with van der Waals surface area (Å²) in [5, 5.41) is 2.82. The smallest absolute Gasteiger partial charge is 0.226 e. The number of aromatic nitrogens is 6. The first-order valence-corrected chi connectivity index (χ1v) is 6.32. The molecule has 4 aromatic rings. The third-order valence-electron chi connectivity index (χ3n) is 3.10. The van der Waals surface area contributed by atoms with Crippen LogP contribution in [0.1, 0.15) is 0 Å². The van der Waals surface area contributed by atoms with Gasteiger partial charge >= 0.3 is 0 Å². The summed E-state index contributed by atoms with van der Waals surface area (Å²) in [7, 11) is 0. The SMILES string of the molecule is O=Nn1cnc2c(-n3cnc4ccccc43)nc(Cl)nc21. The quantitative estimate of drug-likeness (QED) is 0.418. The van der Waals surface area contributed by atoms with Crippen LogP contribution in [0.15, 0.2) is 42.2 Å².